The van der Waals surface area contributed by atoms with Gasteiger partial charge in [0.05, 0.1) is 17.8 Å². The maximum absolute atomic E-state index is 6.22. The minimum Gasteiger partial charge on any atom is -0.490 e. The molecular weight excluding hydrogens is 464 g/mol. The molecule has 2 atom stereocenters. The van der Waals surface area contributed by atoms with Crippen molar-refractivity contribution in [3.8, 4) is 11.4 Å². The molecule has 0 radical (unpaired) electrons. The molecule has 1 aliphatic carbocycles. The first-order chi connectivity index (χ1) is 17.7. The molecule has 1 saturated carbocycles. The fraction of sp³-hybridized carbons (Fsp3) is 0.267. The van der Waals surface area contributed by atoms with Crippen molar-refractivity contribution in [1.82, 2.24) is 14.9 Å². The van der Waals surface area contributed by atoms with E-state index in [1.807, 2.05) is 18.3 Å². The molecule has 1 N–H and O–H groups in total. The average Bonchev–Trinajstić information content (AvgIpc) is 3.65. The second-order valence-corrected chi connectivity index (χ2v) is 10.0. The monoisotopic (exact) mass is 494 g/mol. The van der Waals surface area contributed by atoms with Crippen LogP contribution in [0.5, 0.6) is 5.75 Å². The van der Waals surface area contributed by atoms with Crippen molar-refractivity contribution in [2.75, 3.05) is 4.90 Å². The molecule has 2 aromatic carbocycles. The van der Waals surface area contributed by atoms with Gasteiger partial charge in [-0.25, -0.2) is 0 Å². The summed E-state index contributed by atoms with van der Waals surface area (Å²) in [6, 6.07) is 27.1. The van der Waals surface area contributed by atoms with Gasteiger partial charge < -0.3 is 19.5 Å². The Morgan fingerprint density at radius 1 is 0.917 bits per heavy atom. The fourth-order valence-corrected chi connectivity index (χ4v) is 5.81. The van der Waals surface area contributed by atoms with Gasteiger partial charge in [-0.3, -0.25) is 4.98 Å². The molecule has 4 aromatic rings. The number of rotatable bonds is 6. The van der Waals surface area contributed by atoms with Crippen molar-refractivity contribution < 1.29 is 4.74 Å². The van der Waals surface area contributed by atoms with Gasteiger partial charge in [0.2, 0.25) is 0 Å². The molecule has 2 aromatic heterocycles. The Bertz CT molecular complexity index is 1340. The molecule has 2 unspecified atom stereocenters. The van der Waals surface area contributed by atoms with E-state index < -0.39 is 0 Å². The summed E-state index contributed by atoms with van der Waals surface area (Å²) in [5.74, 6) is 0.921. The van der Waals surface area contributed by atoms with Crippen LogP contribution < -0.4 is 15.0 Å². The maximum atomic E-state index is 6.22. The topological polar surface area (TPSA) is 42.3 Å². The third-order valence-electron chi connectivity index (χ3n) is 7.18. The third-order valence-corrected chi connectivity index (χ3v) is 7.50. The van der Waals surface area contributed by atoms with Gasteiger partial charge >= 0.3 is 0 Å². The van der Waals surface area contributed by atoms with Crippen LogP contribution in [0.25, 0.3) is 5.69 Å². The normalized spacial score (nSPS) is 20.0. The molecule has 1 aliphatic heterocycles. The van der Waals surface area contributed by atoms with Crippen LogP contribution in [0.4, 0.5) is 5.69 Å². The second kappa shape index (κ2) is 9.78. The number of anilines is 1. The van der Waals surface area contributed by atoms with E-state index in [0.29, 0.717) is 11.2 Å². The highest BCUT2D eigenvalue weighted by Gasteiger charge is 2.42. The van der Waals surface area contributed by atoms with Crippen LogP contribution in [0.1, 0.15) is 54.7 Å². The number of nitrogens with zero attached hydrogens (tertiary/aromatic N) is 3. The molecule has 0 bridgehead atoms. The van der Waals surface area contributed by atoms with Crippen LogP contribution in [0.15, 0.2) is 91.3 Å². The largest absolute Gasteiger partial charge is 0.490 e. The quantitative estimate of drug-likeness (QED) is 0.303. The Morgan fingerprint density at radius 2 is 1.75 bits per heavy atom. The lowest BCUT2D eigenvalue weighted by Gasteiger charge is -2.29. The molecule has 0 spiro atoms. The van der Waals surface area contributed by atoms with Gasteiger partial charge in [-0.1, -0.05) is 18.2 Å². The van der Waals surface area contributed by atoms with Crippen LogP contribution in [0.2, 0.25) is 0 Å². The Morgan fingerprint density at radius 3 is 2.50 bits per heavy atom. The van der Waals surface area contributed by atoms with E-state index in [0.717, 1.165) is 41.4 Å². The highest BCUT2D eigenvalue weighted by Crippen LogP contribution is 2.42. The SMILES string of the molecule is Cc1cccc(-n2cccc2C2C(c3ccccn3)NC(=S)N2c2ccc(OC3CCCC3)cc2)c1. The molecule has 0 amide bonds. The Labute approximate surface area is 217 Å². The highest BCUT2D eigenvalue weighted by atomic mass is 32.1. The summed E-state index contributed by atoms with van der Waals surface area (Å²) in [6.07, 6.45) is 9.11. The third kappa shape index (κ3) is 4.37. The van der Waals surface area contributed by atoms with Crippen molar-refractivity contribution in [3.05, 3.63) is 108 Å². The lowest BCUT2D eigenvalue weighted by molar-refractivity contribution is 0.210. The predicted octanol–water partition coefficient (Wildman–Crippen LogP) is 6.68. The summed E-state index contributed by atoms with van der Waals surface area (Å²) in [6.45, 7) is 2.12. The van der Waals surface area contributed by atoms with E-state index in [1.54, 1.807) is 0 Å². The molecule has 1 saturated heterocycles. The number of hydrogen-bond acceptors (Lipinski definition) is 3. The minimum absolute atomic E-state index is 0.0792. The van der Waals surface area contributed by atoms with E-state index in [4.69, 9.17) is 21.9 Å². The summed E-state index contributed by atoms with van der Waals surface area (Å²) in [5, 5.41) is 4.26. The summed E-state index contributed by atoms with van der Waals surface area (Å²) in [4.78, 5) is 6.91. The summed E-state index contributed by atoms with van der Waals surface area (Å²) in [7, 11) is 0. The van der Waals surface area contributed by atoms with Gasteiger partial charge in [0.15, 0.2) is 5.11 Å². The molecular formula is C30H30N4OS. The van der Waals surface area contributed by atoms with Crippen LogP contribution in [0.3, 0.4) is 0 Å². The first-order valence-electron chi connectivity index (χ1n) is 12.7. The lowest BCUT2D eigenvalue weighted by Crippen LogP contribution is -2.30. The number of pyridine rings is 1. The second-order valence-electron chi connectivity index (χ2n) is 9.66. The first-order valence-corrected chi connectivity index (χ1v) is 13.1. The number of thiocarbonyl (C=S) groups is 1. The van der Waals surface area contributed by atoms with Crippen molar-refractivity contribution in [2.24, 2.45) is 0 Å². The smallest absolute Gasteiger partial charge is 0.174 e. The molecule has 2 aliphatic rings. The van der Waals surface area contributed by atoms with Gasteiger partial charge in [0, 0.05) is 29.5 Å². The van der Waals surface area contributed by atoms with Crippen molar-refractivity contribution >= 4 is 23.0 Å². The maximum Gasteiger partial charge on any atom is 0.174 e. The van der Waals surface area contributed by atoms with E-state index in [9.17, 15) is 0 Å². The zero-order valence-electron chi connectivity index (χ0n) is 20.4. The van der Waals surface area contributed by atoms with Gasteiger partial charge in [-0.2, -0.15) is 0 Å². The number of ether oxygens (including phenoxy) is 1. The Kier molecular flexibility index (Phi) is 6.20. The number of aryl methyl sites for hydroxylation is 1. The molecule has 5 nitrogen and oxygen atoms in total. The Balaban J connectivity index is 1.40. The van der Waals surface area contributed by atoms with Gasteiger partial charge in [-0.05, 0) is 111 Å². The minimum atomic E-state index is -0.0911. The fourth-order valence-electron chi connectivity index (χ4n) is 5.47. The molecule has 36 heavy (non-hydrogen) atoms. The van der Waals surface area contributed by atoms with Crippen LogP contribution in [-0.4, -0.2) is 20.8 Å². The number of benzene rings is 2. The number of aromatic nitrogens is 2. The van der Waals surface area contributed by atoms with Crippen molar-refractivity contribution in [2.45, 2.75) is 50.8 Å². The van der Waals surface area contributed by atoms with Crippen LogP contribution in [0, 0.1) is 6.92 Å². The average molecular weight is 495 g/mol. The standard InChI is InChI=1S/C30H30N4OS/c1-21-8-6-9-23(20-21)33-19-7-13-27(33)29-28(26-12-4-5-18-31-26)32-30(36)34(29)22-14-16-25(17-15-22)35-24-10-2-3-11-24/h4-9,12-20,24,28-29H,2-3,10-11H2,1H3,(H,32,36). The van der Waals surface area contributed by atoms with E-state index >= 15 is 0 Å². The number of hydrogen-bond donors (Lipinski definition) is 1. The zero-order valence-corrected chi connectivity index (χ0v) is 21.2. The van der Waals surface area contributed by atoms with Crippen LogP contribution in [-0.2, 0) is 0 Å². The predicted molar refractivity (Wildman–Crippen MR) is 148 cm³/mol. The van der Waals surface area contributed by atoms with E-state index in [-0.39, 0.29) is 12.1 Å². The molecule has 2 fully saturated rings. The molecule has 6 heteroatoms. The summed E-state index contributed by atoms with van der Waals surface area (Å²) in [5.41, 5.74) is 5.50. The van der Waals surface area contributed by atoms with E-state index in [1.165, 1.54) is 18.4 Å². The van der Waals surface area contributed by atoms with Crippen molar-refractivity contribution in [1.29, 1.82) is 0 Å². The van der Waals surface area contributed by atoms with E-state index in [2.05, 4.69) is 94.6 Å². The lowest BCUT2D eigenvalue weighted by atomic mass is 10.0. The zero-order chi connectivity index (χ0) is 24.5. The molecule has 3 heterocycles. The van der Waals surface area contributed by atoms with Crippen molar-refractivity contribution in [3.63, 3.8) is 0 Å². The van der Waals surface area contributed by atoms with Gasteiger partial charge in [0.1, 0.15) is 11.8 Å². The summed E-state index contributed by atoms with van der Waals surface area (Å²) < 4.78 is 8.47. The molecule has 182 valence electrons. The first kappa shape index (κ1) is 22.8. The highest BCUT2D eigenvalue weighted by molar-refractivity contribution is 7.80. The summed E-state index contributed by atoms with van der Waals surface area (Å²) >= 11 is 5.93. The van der Waals surface area contributed by atoms with Gasteiger partial charge in [-0.15, -0.1) is 0 Å². The van der Waals surface area contributed by atoms with Crippen LogP contribution >= 0.6 is 12.2 Å². The molecule has 6 rings (SSSR count). The van der Waals surface area contributed by atoms with Gasteiger partial charge in [0.25, 0.3) is 0 Å². The number of nitrogens with one attached hydrogen (secondary N) is 1. The Hall–Kier alpha value is -3.64.